The summed E-state index contributed by atoms with van der Waals surface area (Å²) in [5.74, 6) is -3.07. The Morgan fingerprint density at radius 1 is 0.912 bits per heavy atom. The molecule has 0 bridgehead atoms. The number of nitrogens with two attached hydrogens (primary N) is 2. The molecule has 0 aliphatic rings. The summed E-state index contributed by atoms with van der Waals surface area (Å²) in [5.41, 5.74) is 12.1. The fourth-order valence-electron chi connectivity index (χ4n) is 3.12. The first-order valence-corrected chi connectivity index (χ1v) is 12.0. The molecule has 0 saturated heterocycles. The summed E-state index contributed by atoms with van der Waals surface area (Å²) in [6.45, 7) is 3.99. The number of nitrogens with one attached hydrogen (secondary N) is 3. The predicted octanol–water partition coefficient (Wildman–Crippen LogP) is -0.190. The van der Waals surface area contributed by atoms with Crippen LogP contribution in [0.4, 0.5) is 0 Å². The molecule has 34 heavy (non-hydrogen) atoms. The lowest BCUT2D eigenvalue weighted by molar-refractivity contribution is -0.142. The summed E-state index contributed by atoms with van der Waals surface area (Å²) in [6, 6.07) is 4.99. The van der Waals surface area contributed by atoms with Crippen molar-refractivity contribution in [2.75, 3.05) is 12.3 Å². The number of aliphatic carboxylic acids is 1. The van der Waals surface area contributed by atoms with Gasteiger partial charge in [0.05, 0.1) is 6.04 Å². The van der Waals surface area contributed by atoms with E-state index in [0.717, 1.165) is 5.56 Å². The van der Waals surface area contributed by atoms with Gasteiger partial charge in [0.25, 0.3) is 0 Å². The van der Waals surface area contributed by atoms with E-state index >= 15 is 0 Å². The molecule has 0 aromatic heterocycles. The zero-order valence-electron chi connectivity index (χ0n) is 19.7. The number of thiol groups is 1. The van der Waals surface area contributed by atoms with E-state index in [1.54, 1.807) is 38.1 Å². The van der Waals surface area contributed by atoms with Crippen molar-refractivity contribution in [2.45, 2.75) is 63.7 Å². The van der Waals surface area contributed by atoms with Crippen LogP contribution in [-0.2, 0) is 25.6 Å². The number of hydrogen-bond acceptors (Lipinski definition) is 7. The Bertz CT molecular complexity index is 808. The van der Waals surface area contributed by atoms with Crippen LogP contribution in [-0.4, -0.2) is 65.3 Å². The maximum atomic E-state index is 13.0. The van der Waals surface area contributed by atoms with Gasteiger partial charge < -0.3 is 32.5 Å². The maximum Gasteiger partial charge on any atom is 0.326 e. The molecular weight excluding hydrogens is 458 g/mol. The highest BCUT2D eigenvalue weighted by Crippen LogP contribution is 2.07. The maximum absolute atomic E-state index is 13.0. The molecule has 8 N–H and O–H groups in total. The molecule has 0 heterocycles. The van der Waals surface area contributed by atoms with Gasteiger partial charge in [-0.2, -0.15) is 12.6 Å². The molecule has 4 atom stereocenters. The average molecular weight is 496 g/mol. The van der Waals surface area contributed by atoms with Crippen LogP contribution in [0.5, 0.6) is 0 Å². The Labute approximate surface area is 206 Å². The summed E-state index contributed by atoms with van der Waals surface area (Å²) in [6.07, 6.45) is 1.51. The lowest BCUT2D eigenvalue weighted by Gasteiger charge is -2.25. The van der Waals surface area contributed by atoms with Crippen LogP contribution in [0.2, 0.25) is 0 Å². The van der Waals surface area contributed by atoms with Crippen LogP contribution >= 0.6 is 12.6 Å². The van der Waals surface area contributed by atoms with Crippen molar-refractivity contribution in [1.29, 1.82) is 0 Å². The summed E-state index contributed by atoms with van der Waals surface area (Å²) in [4.78, 5) is 49.9. The highest BCUT2D eigenvalue weighted by molar-refractivity contribution is 7.80. The molecule has 3 amide bonds. The second kappa shape index (κ2) is 15.3. The Morgan fingerprint density at radius 3 is 2.00 bits per heavy atom. The monoisotopic (exact) mass is 495 g/mol. The number of carbonyl (C=O) groups excluding carboxylic acids is 3. The van der Waals surface area contributed by atoms with Crippen molar-refractivity contribution in [3.8, 4) is 0 Å². The third kappa shape index (κ3) is 10.1. The smallest absolute Gasteiger partial charge is 0.326 e. The minimum absolute atomic E-state index is 0.0150. The minimum Gasteiger partial charge on any atom is -0.480 e. The third-order valence-corrected chi connectivity index (χ3v) is 5.68. The van der Waals surface area contributed by atoms with Gasteiger partial charge in [-0.3, -0.25) is 14.4 Å². The molecule has 0 saturated carbocycles. The SMILES string of the molecule is CC(C)C(N)C(=O)NC(CS)C(=O)NC(Cc1ccccc1)C(=O)NC(CCCCN)C(=O)O. The molecule has 1 rings (SSSR count). The number of unbranched alkanes of at least 4 members (excludes halogenated alkanes) is 1. The first-order chi connectivity index (χ1) is 16.1. The lowest BCUT2D eigenvalue weighted by atomic mass is 10.0. The molecular formula is C23H37N5O5S. The summed E-state index contributed by atoms with van der Waals surface area (Å²) < 4.78 is 0. The van der Waals surface area contributed by atoms with Gasteiger partial charge in [-0.05, 0) is 37.3 Å². The van der Waals surface area contributed by atoms with E-state index in [1.807, 2.05) is 6.07 Å². The molecule has 0 aliphatic carbocycles. The van der Waals surface area contributed by atoms with Crippen LogP contribution < -0.4 is 27.4 Å². The van der Waals surface area contributed by atoms with Gasteiger partial charge in [-0.1, -0.05) is 44.2 Å². The van der Waals surface area contributed by atoms with E-state index in [2.05, 4.69) is 28.6 Å². The number of benzene rings is 1. The van der Waals surface area contributed by atoms with Gasteiger partial charge >= 0.3 is 5.97 Å². The molecule has 0 fully saturated rings. The number of carboxylic acids is 1. The highest BCUT2D eigenvalue weighted by atomic mass is 32.1. The third-order valence-electron chi connectivity index (χ3n) is 5.31. The van der Waals surface area contributed by atoms with Crippen LogP contribution in [0.3, 0.4) is 0 Å². The van der Waals surface area contributed by atoms with Crippen molar-refractivity contribution in [3.63, 3.8) is 0 Å². The quantitative estimate of drug-likeness (QED) is 0.130. The fourth-order valence-corrected chi connectivity index (χ4v) is 3.38. The van der Waals surface area contributed by atoms with Gasteiger partial charge in [-0.15, -0.1) is 0 Å². The summed E-state index contributed by atoms with van der Waals surface area (Å²) in [7, 11) is 0. The lowest BCUT2D eigenvalue weighted by Crippen LogP contribution is -2.58. The molecule has 1 aromatic rings. The van der Waals surface area contributed by atoms with E-state index in [1.165, 1.54) is 0 Å². The van der Waals surface area contributed by atoms with Crippen molar-refractivity contribution in [3.05, 3.63) is 35.9 Å². The molecule has 1 aromatic carbocycles. The highest BCUT2D eigenvalue weighted by Gasteiger charge is 2.30. The summed E-state index contributed by atoms with van der Waals surface area (Å²) in [5, 5.41) is 17.2. The first kappa shape index (κ1) is 29.4. The molecule has 11 heteroatoms. The van der Waals surface area contributed by atoms with Crippen LogP contribution in [0.25, 0.3) is 0 Å². The Kier molecular flexibility index (Phi) is 13.2. The van der Waals surface area contributed by atoms with Crippen LogP contribution in [0.1, 0.15) is 38.7 Å². The van der Waals surface area contributed by atoms with Crippen molar-refractivity contribution < 1.29 is 24.3 Å². The van der Waals surface area contributed by atoms with Crippen molar-refractivity contribution in [2.24, 2.45) is 17.4 Å². The van der Waals surface area contributed by atoms with E-state index in [9.17, 15) is 24.3 Å². The Balaban J connectivity index is 2.99. The number of amides is 3. The zero-order chi connectivity index (χ0) is 25.7. The standard InChI is InChI=1S/C23H37N5O5S/c1-14(2)19(25)22(31)28-18(13-34)21(30)27-17(12-15-8-4-3-5-9-15)20(29)26-16(23(32)33)10-6-7-11-24/h3-5,8-9,14,16-19,34H,6-7,10-13,24-25H2,1-2H3,(H,26,29)(H,27,30)(H,28,31)(H,32,33). The van der Waals surface area contributed by atoms with E-state index < -0.39 is 47.9 Å². The Hall–Kier alpha value is -2.63. The zero-order valence-corrected chi connectivity index (χ0v) is 20.6. The average Bonchev–Trinajstić information content (AvgIpc) is 2.81. The predicted molar refractivity (Wildman–Crippen MR) is 133 cm³/mol. The molecule has 190 valence electrons. The molecule has 4 unspecified atom stereocenters. The van der Waals surface area contributed by atoms with Gasteiger partial charge in [0.15, 0.2) is 0 Å². The molecule has 10 nitrogen and oxygen atoms in total. The fraction of sp³-hybridized carbons (Fsp3) is 0.565. The largest absolute Gasteiger partial charge is 0.480 e. The van der Waals surface area contributed by atoms with Gasteiger partial charge in [0.1, 0.15) is 18.1 Å². The summed E-state index contributed by atoms with van der Waals surface area (Å²) >= 11 is 4.15. The van der Waals surface area contributed by atoms with Gasteiger partial charge in [0, 0.05) is 12.2 Å². The Morgan fingerprint density at radius 2 is 1.47 bits per heavy atom. The van der Waals surface area contributed by atoms with Gasteiger partial charge in [-0.25, -0.2) is 4.79 Å². The second-order valence-corrected chi connectivity index (χ2v) is 8.81. The molecule has 0 aliphatic heterocycles. The van der Waals surface area contributed by atoms with E-state index in [4.69, 9.17) is 11.5 Å². The van der Waals surface area contributed by atoms with E-state index in [0.29, 0.717) is 19.4 Å². The minimum atomic E-state index is -1.17. The van der Waals surface area contributed by atoms with Crippen molar-refractivity contribution in [1.82, 2.24) is 16.0 Å². The van der Waals surface area contributed by atoms with E-state index in [-0.39, 0.29) is 24.5 Å². The second-order valence-electron chi connectivity index (χ2n) is 8.45. The number of rotatable bonds is 15. The normalized spacial score (nSPS) is 14.5. The number of carbonyl (C=O) groups is 4. The van der Waals surface area contributed by atoms with Crippen LogP contribution in [0, 0.1) is 5.92 Å². The van der Waals surface area contributed by atoms with Crippen LogP contribution in [0.15, 0.2) is 30.3 Å². The topological polar surface area (TPSA) is 177 Å². The van der Waals surface area contributed by atoms with Gasteiger partial charge in [0.2, 0.25) is 17.7 Å². The molecule has 0 spiro atoms. The van der Waals surface area contributed by atoms with Crippen molar-refractivity contribution >= 4 is 36.3 Å². The first-order valence-electron chi connectivity index (χ1n) is 11.3. The molecule has 0 radical (unpaired) electrons. The number of carboxylic acid groups (broad SMARTS) is 1. The number of hydrogen-bond donors (Lipinski definition) is 7.